The van der Waals surface area contributed by atoms with Crippen molar-refractivity contribution in [3.05, 3.63) is 0 Å². The van der Waals surface area contributed by atoms with Crippen molar-refractivity contribution < 1.29 is 9.90 Å². The smallest absolute Gasteiger partial charge is 0.0473 e. The fraction of sp³-hybridized carbons (Fsp3) is 0.938. The quantitative estimate of drug-likeness (QED) is 0.434. The van der Waals surface area contributed by atoms with Gasteiger partial charge in [0.05, 0.1) is 0 Å². The van der Waals surface area contributed by atoms with E-state index in [-0.39, 0.29) is 0 Å². The van der Waals surface area contributed by atoms with Gasteiger partial charge in [-0.05, 0) is 24.6 Å². The first-order valence-electron chi connectivity index (χ1n) is 8.00. The second kappa shape index (κ2) is 15.1. The van der Waals surface area contributed by atoms with Crippen molar-refractivity contribution in [2.24, 2.45) is 10.7 Å². The molecule has 20 heavy (non-hydrogen) atoms. The van der Waals surface area contributed by atoms with Crippen LogP contribution in [0.25, 0.3) is 0 Å². The van der Waals surface area contributed by atoms with Crippen LogP contribution in [-0.4, -0.2) is 5.97 Å². The summed E-state index contributed by atoms with van der Waals surface area (Å²) in [5, 5.41) is 15.1. The molecule has 122 valence electrons. The fourth-order valence-corrected chi connectivity index (χ4v) is 2.53. The van der Waals surface area contributed by atoms with E-state index in [1.165, 1.54) is 44.9 Å². The molecule has 0 rings (SSSR count). The van der Waals surface area contributed by atoms with Crippen molar-refractivity contribution in [1.82, 2.24) is 0 Å². The van der Waals surface area contributed by atoms with Crippen LogP contribution in [0.15, 0.2) is 0 Å². The van der Waals surface area contributed by atoms with E-state index in [1.54, 1.807) is 0 Å². The van der Waals surface area contributed by atoms with Crippen LogP contribution in [0.3, 0.4) is 0 Å². The van der Waals surface area contributed by atoms with Gasteiger partial charge in [0.15, 0.2) is 0 Å². The molecule has 2 N–H and O–H groups in total. The second-order valence-electron chi connectivity index (χ2n) is 5.82. The largest absolute Gasteiger partial charge is 0.550 e. The number of nitrogens with two attached hydrogens (primary N) is 1. The Morgan fingerprint density at radius 3 is 1.75 bits per heavy atom. The molecule has 3 nitrogen and oxygen atoms in total. The van der Waals surface area contributed by atoms with Crippen LogP contribution in [0.5, 0.6) is 0 Å². The maximum Gasteiger partial charge on any atom is 0.0473 e. The standard InChI is InChI=1S/C16H32O2.ClH2N/c1-4-6-7-8-9-10-11-12-14-16(3,13-5-2)15(17)18;1-2/h4-14H2,1-3H3,(H,17,18);2H2/p-1. The number of rotatable bonds is 12. The van der Waals surface area contributed by atoms with E-state index >= 15 is 0 Å². The number of hydrogen-bond donors (Lipinski definition) is 1. The van der Waals surface area contributed by atoms with E-state index in [0.29, 0.717) is 0 Å². The lowest BCUT2D eigenvalue weighted by Gasteiger charge is -2.30. The molecule has 4 heteroatoms. The van der Waals surface area contributed by atoms with E-state index in [0.717, 1.165) is 25.7 Å². The van der Waals surface area contributed by atoms with Gasteiger partial charge < -0.3 is 9.90 Å². The lowest BCUT2D eigenvalue weighted by molar-refractivity contribution is -0.319. The molecule has 0 saturated carbocycles. The number of aliphatic carboxylic acids is 1. The number of unbranched alkanes of at least 4 members (excludes halogenated alkanes) is 7. The van der Waals surface area contributed by atoms with Gasteiger partial charge in [-0.1, -0.05) is 78.6 Å². The summed E-state index contributed by atoms with van der Waals surface area (Å²) in [6.07, 6.45) is 12.5. The third-order valence-electron chi connectivity index (χ3n) is 3.88. The molecule has 0 aliphatic carbocycles. The third-order valence-corrected chi connectivity index (χ3v) is 3.88. The van der Waals surface area contributed by atoms with E-state index in [4.69, 9.17) is 0 Å². The van der Waals surface area contributed by atoms with Crippen molar-refractivity contribution in [2.75, 3.05) is 0 Å². The van der Waals surface area contributed by atoms with Gasteiger partial charge in [0.25, 0.3) is 0 Å². The zero-order valence-electron chi connectivity index (χ0n) is 13.5. The summed E-state index contributed by atoms with van der Waals surface area (Å²) in [4.78, 5) is 11.1. The van der Waals surface area contributed by atoms with E-state index < -0.39 is 11.4 Å². The highest BCUT2D eigenvalue weighted by Crippen LogP contribution is 2.29. The Balaban J connectivity index is 0. The monoisotopic (exact) mass is 306 g/mol. The summed E-state index contributed by atoms with van der Waals surface area (Å²) in [6, 6.07) is 0. The minimum absolute atomic E-state index is 0.600. The van der Waals surface area contributed by atoms with Crippen LogP contribution in [0.2, 0.25) is 0 Å². The Morgan fingerprint density at radius 1 is 0.900 bits per heavy atom. The zero-order valence-corrected chi connectivity index (χ0v) is 14.3. The highest BCUT2D eigenvalue weighted by molar-refractivity contribution is 6.11. The summed E-state index contributed by atoms with van der Waals surface area (Å²) < 4.78 is 0. The van der Waals surface area contributed by atoms with Crippen LogP contribution >= 0.6 is 11.8 Å². The molecule has 0 spiro atoms. The first-order valence-corrected chi connectivity index (χ1v) is 8.43. The molecule has 0 aromatic carbocycles. The molecule has 1 unspecified atom stereocenters. The Hall–Kier alpha value is -0.280. The molecule has 0 radical (unpaired) electrons. The van der Waals surface area contributed by atoms with Crippen LogP contribution in [-0.2, 0) is 4.79 Å². The van der Waals surface area contributed by atoms with Gasteiger partial charge >= 0.3 is 0 Å². The summed E-state index contributed by atoms with van der Waals surface area (Å²) in [5.41, 5.74) is -0.600. The topological polar surface area (TPSA) is 66.1 Å². The summed E-state index contributed by atoms with van der Waals surface area (Å²) in [5.74, 6) is -0.868. The van der Waals surface area contributed by atoms with Crippen LogP contribution in [0, 0.1) is 5.41 Å². The predicted molar refractivity (Wildman–Crippen MR) is 85.3 cm³/mol. The number of carboxylic acids is 1. The summed E-state index contributed by atoms with van der Waals surface area (Å²) in [6.45, 7) is 6.11. The lowest BCUT2D eigenvalue weighted by Crippen LogP contribution is -2.40. The SMILES string of the molecule is CCCCCCCCCCC(C)(CCC)C(=O)[O-].NCl. The molecule has 0 aromatic heterocycles. The minimum Gasteiger partial charge on any atom is -0.550 e. The molecular formula is C16H33ClNO2-. The second-order valence-corrected chi connectivity index (χ2v) is 5.82. The van der Waals surface area contributed by atoms with Gasteiger partial charge in [-0.25, -0.2) is 5.25 Å². The Morgan fingerprint density at radius 2 is 1.35 bits per heavy atom. The molecule has 0 saturated heterocycles. The molecule has 0 heterocycles. The lowest BCUT2D eigenvalue weighted by atomic mass is 9.80. The Labute approximate surface area is 130 Å². The maximum atomic E-state index is 11.1. The maximum absolute atomic E-state index is 11.1. The van der Waals surface area contributed by atoms with E-state index in [9.17, 15) is 9.90 Å². The molecule has 0 fully saturated rings. The third kappa shape index (κ3) is 11.5. The molecular weight excluding hydrogens is 274 g/mol. The molecule has 0 bridgehead atoms. The van der Waals surface area contributed by atoms with Gasteiger partial charge in [0.2, 0.25) is 0 Å². The average Bonchev–Trinajstić information content (AvgIpc) is 2.44. The molecule has 0 aliphatic heterocycles. The van der Waals surface area contributed by atoms with Gasteiger partial charge in [0, 0.05) is 11.4 Å². The summed E-state index contributed by atoms with van der Waals surface area (Å²) in [7, 11) is 0. The minimum atomic E-state index is -0.868. The first kappa shape index (κ1) is 22.0. The number of carbonyl (C=O) groups is 1. The van der Waals surface area contributed by atoms with Crippen molar-refractivity contribution in [2.45, 2.75) is 91.4 Å². The number of halogens is 1. The normalized spacial score (nSPS) is 13.2. The van der Waals surface area contributed by atoms with Gasteiger partial charge in [-0.15, -0.1) is 0 Å². The Kier molecular flexibility index (Phi) is 16.6. The average molecular weight is 307 g/mol. The van der Waals surface area contributed by atoms with Crippen molar-refractivity contribution in [3.8, 4) is 0 Å². The molecule has 1 atom stereocenters. The molecule has 0 aromatic rings. The van der Waals surface area contributed by atoms with Crippen LogP contribution < -0.4 is 10.4 Å². The summed E-state index contributed by atoms with van der Waals surface area (Å²) >= 11 is 4.14. The highest BCUT2D eigenvalue weighted by Gasteiger charge is 2.23. The Bertz CT molecular complexity index is 225. The van der Waals surface area contributed by atoms with E-state index in [1.807, 2.05) is 13.8 Å². The van der Waals surface area contributed by atoms with Crippen LogP contribution in [0.4, 0.5) is 0 Å². The van der Waals surface area contributed by atoms with Gasteiger partial charge in [-0.3, -0.25) is 0 Å². The van der Waals surface area contributed by atoms with Crippen molar-refractivity contribution in [3.63, 3.8) is 0 Å². The van der Waals surface area contributed by atoms with Crippen molar-refractivity contribution in [1.29, 1.82) is 0 Å². The van der Waals surface area contributed by atoms with Gasteiger partial charge in [0.1, 0.15) is 0 Å². The fourth-order valence-electron chi connectivity index (χ4n) is 2.53. The van der Waals surface area contributed by atoms with Crippen molar-refractivity contribution >= 4 is 17.7 Å². The zero-order chi connectivity index (χ0) is 15.9. The number of hydrogen-bond acceptors (Lipinski definition) is 3. The first-order chi connectivity index (χ1) is 9.56. The predicted octanol–water partition coefficient (Wildman–Crippen LogP) is 4.17. The number of carbonyl (C=O) groups excluding carboxylic acids is 1. The van der Waals surface area contributed by atoms with Gasteiger partial charge in [-0.2, -0.15) is 0 Å². The highest BCUT2D eigenvalue weighted by atomic mass is 35.5. The van der Waals surface area contributed by atoms with E-state index in [2.05, 4.69) is 24.0 Å². The number of carboxylic acid groups (broad SMARTS) is 1. The van der Waals surface area contributed by atoms with Crippen LogP contribution in [0.1, 0.15) is 91.4 Å². The molecule has 0 amide bonds. The molecule has 0 aliphatic rings.